The maximum absolute atomic E-state index is 13.4. The summed E-state index contributed by atoms with van der Waals surface area (Å²) in [5.41, 5.74) is 3.42. The summed E-state index contributed by atoms with van der Waals surface area (Å²) in [6.45, 7) is 7.05. The molecule has 4 nitrogen and oxygen atoms in total. The molecule has 0 N–H and O–H groups in total. The van der Waals surface area contributed by atoms with Gasteiger partial charge in [-0.2, -0.15) is 0 Å². The molecule has 0 spiro atoms. The molecular formula is C31H29ClO4. The molecule has 1 aliphatic rings. The molecule has 0 amide bonds. The molecule has 0 heterocycles. The first kappa shape index (κ1) is 25.5. The van der Waals surface area contributed by atoms with E-state index in [-0.39, 0.29) is 25.0 Å². The molecule has 5 heteroatoms. The van der Waals surface area contributed by atoms with E-state index in [9.17, 15) is 9.59 Å². The number of rotatable bonds is 5. The topological polar surface area (TPSA) is 52.6 Å². The molecule has 36 heavy (non-hydrogen) atoms. The molecule has 0 aromatic heterocycles. The Labute approximate surface area is 217 Å². The highest BCUT2D eigenvalue weighted by Gasteiger charge is 2.54. The first-order valence-corrected chi connectivity index (χ1v) is 12.5. The van der Waals surface area contributed by atoms with E-state index in [1.54, 1.807) is 27.7 Å². The molecule has 0 aliphatic heterocycles. The van der Waals surface area contributed by atoms with E-state index in [0.717, 1.165) is 33.4 Å². The largest absolute Gasteiger partial charge is 0.462 e. The second kappa shape index (κ2) is 10.6. The van der Waals surface area contributed by atoms with E-state index < -0.39 is 17.4 Å². The van der Waals surface area contributed by atoms with Crippen molar-refractivity contribution in [3.63, 3.8) is 0 Å². The number of hydrogen-bond acceptors (Lipinski definition) is 4. The van der Waals surface area contributed by atoms with Crippen molar-refractivity contribution in [3.05, 3.63) is 94.0 Å². The zero-order valence-electron chi connectivity index (χ0n) is 20.9. The van der Waals surface area contributed by atoms with Crippen LogP contribution in [0.1, 0.15) is 49.9 Å². The third-order valence-corrected chi connectivity index (χ3v) is 6.45. The van der Waals surface area contributed by atoms with Gasteiger partial charge in [-0.15, -0.1) is 0 Å². The monoisotopic (exact) mass is 500 g/mol. The smallest absolute Gasteiger partial charge is 0.324 e. The summed E-state index contributed by atoms with van der Waals surface area (Å²) in [5.74, 6) is 5.39. The Morgan fingerprint density at radius 3 is 1.89 bits per heavy atom. The molecule has 0 bridgehead atoms. The van der Waals surface area contributed by atoms with Crippen LogP contribution in [-0.2, 0) is 31.9 Å². The number of hydrogen-bond donors (Lipinski definition) is 0. The van der Waals surface area contributed by atoms with Crippen LogP contribution < -0.4 is 0 Å². The lowest BCUT2D eigenvalue weighted by molar-refractivity contribution is -0.176. The highest BCUT2D eigenvalue weighted by molar-refractivity contribution is 6.32. The fourth-order valence-corrected chi connectivity index (χ4v) is 4.76. The van der Waals surface area contributed by atoms with Crippen LogP contribution >= 0.6 is 11.6 Å². The van der Waals surface area contributed by atoms with Gasteiger partial charge in [0.2, 0.25) is 0 Å². The van der Waals surface area contributed by atoms with Gasteiger partial charge in [-0.3, -0.25) is 9.59 Å². The quantitative estimate of drug-likeness (QED) is 0.231. The Bertz CT molecular complexity index is 1310. The predicted molar refractivity (Wildman–Crippen MR) is 142 cm³/mol. The van der Waals surface area contributed by atoms with Gasteiger partial charge >= 0.3 is 11.9 Å². The Morgan fingerprint density at radius 1 is 0.806 bits per heavy atom. The van der Waals surface area contributed by atoms with Gasteiger partial charge in [0.1, 0.15) is 0 Å². The molecular weight excluding hydrogens is 472 g/mol. The summed E-state index contributed by atoms with van der Waals surface area (Å²) in [5, 5.41) is 0.491. The van der Waals surface area contributed by atoms with Gasteiger partial charge in [0.25, 0.3) is 0 Å². The van der Waals surface area contributed by atoms with Gasteiger partial charge < -0.3 is 9.47 Å². The summed E-state index contributed by atoms with van der Waals surface area (Å²) in [6.07, 6.45) is -0.540. The number of carbonyl (C=O) groups excluding carboxylic acids is 2. The highest BCUT2D eigenvalue weighted by Crippen LogP contribution is 2.46. The standard InChI is InChI=1S/C31H29ClO4/c1-20(2)35-29(33)31(30(34)36-21(3)4)18-26-24(16-15-22-11-7-5-8-12-22)25(17-28(32)27(26)19-31)23-13-9-6-10-14-23/h5-14,17,20-21H,18-19H2,1-4H3. The predicted octanol–water partition coefficient (Wildman–Crippen LogP) is 6.40. The van der Waals surface area contributed by atoms with Crippen molar-refractivity contribution in [1.29, 1.82) is 0 Å². The minimum Gasteiger partial charge on any atom is -0.462 e. The van der Waals surface area contributed by atoms with Crippen LogP contribution in [0.4, 0.5) is 0 Å². The van der Waals surface area contributed by atoms with Gasteiger partial charge in [0.15, 0.2) is 5.41 Å². The second-order valence-electron chi connectivity index (χ2n) is 9.56. The van der Waals surface area contributed by atoms with Crippen molar-refractivity contribution in [2.75, 3.05) is 0 Å². The lowest BCUT2D eigenvalue weighted by Crippen LogP contribution is -2.44. The summed E-state index contributed by atoms with van der Waals surface area (Å²) in [6, 6.07) is 21.4. The molecule has 184 valence electrons. The van der Waals surface area contributed by atoms with Crippen LogP contribution in [0.25, 0.3) is 11.1 Å². The van der Waals surface area contributed by atoms with E-state index in [1.165, 1.54) is 0 Å². The molecule has 0 unspecified atom stereocenters. The molecule has 3 aromatic rings. The number of fused-ring (bicyclic) bond motifs is 1. The normalized spacial score (nSPS) is 13.6. The SMILES string of the molecule is CC(C)OC(=O)C1(C(=O)OC(C)C)Cc2c(Cl)cc(-c3ccccc3)c(C#Cc3ccccc3)c2C1. The van der Waals surface area contributed by atoms with Crippen LogP contribution in [0.5, 0.6) is 0 Å². The fraction of sp³-hybridized carbons (Fsp3) is 0.290. The fourth-order valence-electron chi connectivity index (χ4n) is 4.47. The molecule has 4 rings (SSSR count). The van der Waals surface area contributed by atoms with Crippen molar-refractivity contribution >= 4 is 23.5 Å². The zero-order chi connectivity index (χ0) is 25.9. The van der Waals surface area contributed by atoms with Gasteiger partial charge in [0.05, 0.1) is 12.2 Å². The van der Waals surface area contributed by atoms with E-state index >= 15 is 0 Å². The van der Waals surface area contributed by atoms with E-state index in [0.29, 0.717) is 5.02 Å². The molecule has 0 atom stereocenters. The third kappa shape index (κ3) is 5.17. The van der Waals surface area contributed by atoms with E-state index in [1.807, 2.05) is 66.7 Å². The Kier molecular flexibility index (Phi) is 7.52. The minimum absolute atomic E-state index is 0.105. The van der Waals surface area contributed by atoms with E-state index in [4.69, 9.17) is 21.1 Å². The zero-order valence-corrected chi connectivity index (χ0v) is 21.7. The summed E-state index contributed by atoms with van der Waals surface area (Å²) in [7, 11) is 0. The summed E-state index contributed by atoms with van der Waals surface area (Å²) in [4.78, 5) is 26.8. The maximum Gasteiger partial charge on any atom is 0.324 e. The molecule has 0 saturated carbocycles. The number of benzene rings is 3. The van der Waals surface area contributed by atoms with Crippen LogP contribution in [-0.4, -0.2) is 24.1 Å². The van der Waals surface area contributed by atoms with Crippen molar-refractivity contribution in [1.82, 2.24) is 0 Å². The molecule has 0 radical (unpaired) electrons. The maximum atomic E-state index is 13.4. The van der Waals surface area contributed by atoms with Crippen LogP contribution in [0.15, 0.2) is 66.7 Å². The van der Waals surface area contributed by atoms with E-state index in [2.05, 4.69) is 11.8 Å². The van der Waals surface area contributed by atoms with Crippen molar-refractivity contribution in [2.45, 2.75) is 52.7 Å². The molecule has 1 aliphatic carbocycles. The number of carbonyl (C=O) groups is 2. The molecule has 0 fully saturated rings. The van der Waals surface area contributed by atoms with Gasteiger partial charge in [-0.05, 0) is 68.1 Å². The first-order chi connectivity index (χ1) is 17.2. The van der Waals surface area contributed by atoms with Gasteiger partial charge in [-0.1, -0.05) is 72.0 Å². The Hall–Kier alpha value is -3.55. The van der Waals surface area contributed by atoms with Crippen LogP contribution in [0, 0.1) is 17.3 Å². The van der Waals surface area contributed by atoms with Crippen molar-refractivity contribution in [3.8, 4) is 23.0 Å². The number of ether oxygens (including phenoxy) is 2. The average Bonchev–Trinajstić information content (AvgIpc) is 3.27. The Balaban J connectivity index is 1.91. The van der Waals surface area contributed by atoms with Gasteiger partial charge in [0, 0.05) is 29.0 Å². The number of esters is 2. The number of halogens is 1. The molecule has 0 saturated heterocycles. The van der Waals surface area contributed by atoms with Crippen molar-refractivity contribution in [2.24, 2.45) is 5.41 Å². The summed E-state index contributed by atoms with van der Waals surface area (Å²) < 4.78 is 11.2. The Morgan fingerprint density at radius 2 is 1.33 bits per heavy atom. The van der Waals surface area contributed by atoms with Crippen LogP contribution in [0.3, 0.4) is 0 Å². The third-order valence-electron chi connectivity index (χ3n) is 6.11. The molecule has 3 aromatic carbocycles. The lowest BCUT2D eigenvalue weighted by atomic mass is 9.84. The summed E-state index contributed by atoms with van der Waals surface area (Å²) >= 11 is 6.81. The lowest BCUT2D eigenvalue weighted by Gasteiger charge is -2.26. The second-order valence-corrected chi connectivity index (χ2v) is 9.97. The highest BCUT2D eigenvalue weighted by atomic mass is 35.5. The van der Waals surface area contributed by atoms with Crippen molar-refractivity contribution < 1.29 is 19.1 Å². The minimum atomic E-state index is -1.51. The first-order valence-electron chi connectivity index (χ1n) is 12.1. The van der Waals surface area contributed by atoms with Crippen LogP contribution in [0.2, 0.25) is 5.02 Å². The van der Waals surface area contributed by atoms with Gasteiger partial charge in [-0.25, -0.2) is 0 Å². The average molecular weight is 501 g/mol.